The molecule has 72 valence electrons. The number of phenolic OH excluding ortho intramolecular Hbond substituents is 1. The first-order valence-corrected chi connectivity index (χ1v) is 4.49. The van der Waals surface area contributed by atoms with Crippen molar-refractivity contribution in [2.45, 2.75) is 0 Å². The van der Waals surface area contributed by atoms with Crippen molar-refractivity contribution in [2.24, 2.45) is 0 Å². The molecule has 1 aromatic carbocycles. The van der Waals surface area contributed by atoms with Gasteiger partial charge in [-0.15, -0.1) is 0 Å². The fraction of sp³-hybridized carbons (Fsp3) is 0.111. The Morgan fingerprint density at radius 1 is 1.36 bits per heavy atom. The first-order chi connectivity index (χ1) is 6.68. The van der Waals surface area contributed by atoms with Crippen molar-refractivity contribution in [3.8, 4) is 5.75 Å². The third-order valence-electron chi connectivity index (χ3n) is 1.95. The van der Waals surface area contributed by atoms with E-state index >= 15 is 0 Å². The minimum atomic E-state index is -0.0827. The fourth-order valence-electron chi connectivity index (χ4n) is 1.29. The normalized spacial score (nSPS) is 15.9. The summed E-state index contributed by atoms with van der Waals surface area (Å²) in [6, 6.07) is 6.33. The van der Waals surface area contributed by atoms with Gasteiger partial charge in [-0.1, -0.05) is 0 Å². The molecule has 1 amide bonds. The first kappa shape index (κ1) is 8.96. The van der Waals surface area contributed by atoms with E-state index in [1.54, 1.807) is 12.1 Å². The van der Waals surface area contributed by atoms with E-state index < -0.39 is 0 Å². The third-order valence-corrected chi connectivity index (χ3v) is 2.28. The zero-order valence-corrected chi connectivity index (χ0v) is 8.04. The summed E-state index contributed by atoms with van der Waals surface area (Å²) in [5.41, 5.74) is 0.669. The summed E-state index contributed by atoms with van der Waals surface area (Å²) in [5, 5.41) is 12.3. The van der Waals surface area contributed by atoms with Gasteiger partial charge >= 0.3 is 0 Å². The van der Waals surface area contributed by atoms with E-state index in [1.165, 1.54) is 17.0 Å². The maximum atomic E-state index is 11.4. The van der Waals surface area contributed by atoms with Crippen LogP contribution in [0.2, 0.25) is 0 Å². The number of carbonyl (C=O) groups is 1. The molecule has 0 aromatic heterocycles. The Labute approximate surface area is 86.1 Å². The number of amides is 1. The average Bonchev–Trinajstić information content (AvgIpc) is 2.49. The highest BCUT2D eigenvalue weighted by Gasteiger charge is 2.26. The second-order valence-electron chi connectivity index (χ2n) is 2.90. The molecule has 0 aliphatic carbocycles. The van der Waals surface area contributed by atoms with Crippen molar-refractivity contribution in [1.29, 1.82) is 0 Å². The van der Waals surface area contributed by atoms with Crippen molar-refractivity contribution in [3.63, 3.8) is 0 Å². The number of phenols is 1. The predicted octanol–water partition coefficient (Wildman–Crippen LogP) is 0.613. The number of nitrogens with one attached hydrogen (secondary N) is 1. The molecule has 2 rings (SSSR count). The molecule has 0 bridgehead atoms. The minimum Gasteiger partial charge on any atom is -0.508 e. The number of hydrogen-bond donors (Lipinski definition) is 2. The number of benzene rings is 1. The minimum absolute atomic E-state index is 0.0827. The maximum absolute atomic E-state index is 11.4. The molecule has 1 heterocycles. The Balaban J connectivity index is 2.34. The van der Waals surface area contributed by atoms with Crippen LogP contribution < -0.4 is 10.2 Å². The molecule has 1 aliphatic rings. The van der Waals surface area contributed by atoms with Crippen molar-refractivity contribution in [1.82, 2.24) is 5.32 Å². The smallest absolute Gasteiger partial charge is 0.252 e. The topological polar surface area (TPSA) is 52.6 Å². The third kappa shape index (κ3) is 1.42. The number of nitrogens with zero attached hydrogens (tertiary/aromatic N) is 1. The van der Waals surface area contributed by atoms with E-state index in [2.05, 4.69) is 5.32 Å². The highest BCUT2D eigenvalue weighted by Crippen LogP contribution is 2.20. The van der Waals surface area contributed by atoms with Crippen LogP contribution in [0.25, 0.3) is 0 Å². The van der Waals surface area contributed by atoms with Crippen LogP contribution in [0, 0.1) is 0 Å². The lowest BCUT2D eigenvalue weighted by Gasteiger charge is -2.14. The van der Waals surface area contributed by atoms with Crippen LogP contribution in [0.15, 0.2) is 24.3 Å². The highest BCUT2D eigenvalue weighted by atomic mass is 32.1. The standard InChI is InChI=1S/C9H8N2O2S/c12-7-3-1-6(2-4-7)11-8(13)5-10-9(11)14/h1-4,12H,5H2,(H,10,14). The summed E-state index contributed by atoms with van der Waals surface area (Å²) in [5.74, 6) is 0.0833. The lowest BCUT2D eigenvalue weighted by atomic mass is 10.3. The molecule has 14 heavy (non-hydrogen) atoms. The van der Waals surface area contributed by atoms with Crippen LogP contribution in [0.3, 0.4) is 0 Å². The summed E-state index contributed by atoms with van der Waals surface area (Å²) < 4.78 is 0. The molecule has 1 aliphatic heterocycles. The number of thiocarbonyl (C=S) groups is 1. The van der Waals surface area contributed by atoms with E-state index in [0.29, 0.717) is 10.8 Å². The molecule has 0 unspecified atom stereocenters. The molecule has 1 fully saturated rings. The van der Waals surface area contributed by atoms with Crippen LogP contribution in [0.4, 0.5) is 5.69 Å². The van der Waals surface area contributed by atoms with Crippen LogP contribution >= 0.6 is 12.2 Å². The molecule has 0 atom stereocenters. The van der Waals surface area contributed by atoms with Crippen molar-refractivity contribution >= 4 is 28.9 Å². The average molecular weight is 208 g/mol. The zero-order chi connectivity index (χ0) is 10.1. The Hall–Kier alpha value is -1.62. The maximum Gasteiger partial charge on any atom is 0.252 e. The van der Waals surface area contributed by atoms with Gasteiger partial charge in [-0.3, -0.25) is 9.69 Å². The van der Waals surface area contributed by atoms with Gasteiger partial charge in [0.15, 0.2) is 5.11 Å². The van der Waals surface area contributed by atoms with Gasteiger partial charge in [-0.25, -0.2) is 0 Å². The lowest BCUT2D eigenvalue weighted by Crippen LogP contribution is -2.30. The summed E-state index contributed by atoms with van der Waals surface area (Å²) >= 11 is 4.96. The molecule has 0 spiro atoms. The summed E-state index contributed by atoms with van der Waals surface area (Å²) in [6.45, 7) is 0.236. The second kappa shape index (κ2) is 3.26. The second-order valence-corrected chi connectivity index (χ2v) is 3.29. The van der Waals surface area contributed by atoms with Gasteiger partial charge in [-0.05, 0) is 36.5 Å². The van der Waals surface area contributed by atoms with Gasteiger partial charge in [-0.2, -0.15) is 0 Å². The SMILES string of the molecule is O=C1CNC(=S)N1c1ccc(O)cc1. The molecule has 5 heteroatoms. The Kier molecular flexibility index (Phi) is 2.09. The van der Waals surface area contributed by atoms with Crippen molar-refractivity contribution < 1.29 is 9.90 Å². The van der Waals surface area contributed by atoms with E-state index in [-0.39, 0.29) is 18.2 Å². The van der Waals surface area contributed by atoms with Crippen LogP contribution in [-0.4, -0.2) is 22.7 Å². The molecular weight excluding hydrogens is 200 g/mol. The largest absolute Gasteiger partial charge is 0.508 e. The molecule has 1 saturated heterocycles. The quantitative estimate of drug-likeness (QED) is 0.664. The lowest BCUT2D eigenvalue weighted by molar-refractivity contribution is -0.115. The van der Waals surface area contributed by atoms with Crippen LogP contribution in [-0.2, 0) is 4.79 Å². The molecule has 2 N–H and O–H groups in total. The van der Waals surface area contributed by atoms with Gasteiger partial charge < -0.3 is 10.4 Å². The van der Waals surface area contributed by atoms with Gasteiger partial charge in [0.2, 0.25) is 0 Å². The van der Waals surface area contributed by atoms with Crippen LogP contribution in [0.5, 0.6) is 5.75 Å². The van der Waals surface area contributed by atoms with E-state index in [0.717, 1.165) is 0 Å². The summed E-state index contributed by atoms with van der Waals surface area (Å²) in [4.78, 5) is 12.8. The fourth-order valence-corrected chi connectivity index (χ4v) is 1.56. The summed E-state index contributed by atoms with van der Waals surface area (Å²) in [6.07, 6.45) is 0. The Bertz CT molecular complexity index is 372. The highest BCUT2D eigenvalue weighted by molar-refractivity contribution is 7.80. The Morgan fingerprint density at radius 3 is 2.50 bits per heavy atom. The van der Waals surface area contributed by atoms with Gasteiger partial charge in [0, 0.05) is 0 Å². The number of carbonyl (C=O) groups excluding carboxylic acids is 1. The van der Waals surface area contributed by atoms with E-state index in [4.69, 9.17) is 17.3 Å². The first-order valence-electron chi connectivity index (χ1n) is 4.08. The molecular formula is C9H8N2O2S. The summed E-state index contributed by atoms with van der Waals surface area (Å²) in [7, 11) is 0. The number of anilines is 1. The molecule has 1 aromatic rings. The predicted molar refractivity (Wildman–Crippen MR) is 56.2 cm³/mol. The van der Waals surface area contributed by atoms with Gasteiger partial charge in [0.05, 0.1) is 12.2 Å². The van der Waals surface area contributed by atoms with Gasteiger partial charge in [0.25, 0.3) is 5.91 Å². The van der Waals surface area contributed by atoms with E-state index in [1.807, 2.05) is 0 Å². The van der Waals surface area contributed by atoms with Crippen LogP contribution in [0.1, 0.15) is 0 Å². The molecule has 0 radical (unpaired) electrons. The Morgan fingerprint density at radius 2 is 2.00 bits per heavy atom. The molecule has 4 nitrogen and oxygen atoms in total. The van der Waals surface area contributed by atoms with E-state index in [9.17, 15) is 4.79 Å². The number of hydrogen-bond acceptors (Lipinski definition) is 3. The van der Waals surface area contributed by atoms with Gasteiger partial charge in [0.1, 0.15) is 5.75 Å². The number of rotatable bonds is 1. The molecule has 0 saturated carbocycles. The number of aromatic hydroxyl groups is 1. The monoisotopic (exact) mass is 208 g/mol. The van der Waals surface area contributed by atoms with Crippen molar-refractivity contribution in [2.75, 3.05) is 11.4 Å². The van der Waals surface area contributed by atoms with Crippen molar-refractivity contribution in [3.05, 3.63) is 24.3 Å². The zero-order valence-electron chi connectivity index (χ0n) is 7.23.